The van der Waals surface area contributed by atoms with Gasteiger partial charge in [0.1, 0.15) is 0 Å². The van der Waals surface area contributed by atoms with Crippen molar-refractivity contribution in [3.05, 3.63) is 0 Å². The maximum absolute atomic E-state index is 11.7. The number of hydrogen-bond donors (Lipinski definition) is 5. The van der Waals surface area contributed by atoms with Crippen molar-refractivity contribution in [2.24, 2.45) is 5.73 Å². The fourth-order valence-electron chi connectivity index (χ4n) is 2.83. The predicted octanol–water partition coefficient (Wildman–Crippen LogP) is 2.14. The van der Waals surface area contributed by atoms with Gasteiger partial charge >= 0.3 is 0 Å². The van der Waals surface area contributed by atoms with Crippen molar-refractivity contribution in [3.63, 3.8) is 0 Å². The molecule has 0 saturated carbocycles. The fraction of sp³-hybridized carbons (Fsp3) is 0.850. The molecule has 0 aliphatic carbocycles. The quantitative estimate of drug-likeness (QED) is 0.129. The molecule has 6 N–H and O–H groups in total. The van der Waals surface area contributed by atoms with Crippen LogP contribution in [0.3, 0.4) is 0 Å². The van der Waals surface area contributed by atoms with E-state index in [-0.39, 0.29) is 17.7 Å². The minimum absolute atomic E-state index is 0.0798. The number of nitrogens with two attached hydrogens (primary N) is 1. The lowest BCUT2D eigenvalue weighted by molar-refractivity contribution is -0.129. The zero-order valence-corrected chi connectivity index (χ0v) is 17.3. The summed E-state index contributed by atoms with van der Waals surface area (Å²) in [6, 6.07) is 0. The van der Waals surface area contributed by atoms with Crippen LogP contribution in [0.1, 0.15) is 89.9 Å². The Balaban J connectivity index is 3.27. The number of hydrogen-bond acceptors (Lipinski definition) is 5. The summed E-state index contributed by atoms with van der Waals surface area (Å²) in [7, 11) is 0. The Hall–Kier alpha value is -1.67. The summed E-state index contributed by atoms with van der Waals surface area (Å²) < 4.78 is 0. The SMILES string of the molecule is NCCCC(=O)NCCCCCCCC(=O)NCCCCCCCC(=O)NO. The van der Waals surface area contributed by atoms with Gasteiger partial charge in [0.15, 0.2) is 0 Å². The molecule has 0 spiro atoms. The molecule has 0 bridgehead atoms. The summed E-state index contributed by atoms with van der Waals surface area (Å²) in [4.78, 5) is 34.0. The van der Waals surface area contributed by atoms with Crippen molar-refractivity contribution in [2.45, 2.75) is 89.9 Å². The summed E-state index contributed by atoms with van der Waals surface area (Å²) in [5.74, 6) is -0.139. The van der Waals surface area contributed by atoms with Gasteiger partial charge in [0.2, 0.25) is 17.7 Å². The third-order valence-corrected chi connectivity index (χ3v) is 4.54. The van der Waals surface area contributed by atoms with Gasteiger partial charge in [-0.15, -0.1) is 0 Å². The molecule has 0 aliphatic heterocycles. The van der Waals surface area contributed by atoms with Crippen LogP contribution in [0.15, 0.2) is 0 Å². The van der Waals surface area contributed by atoms with Crippen molar-refractivity contribution >= 4 is 17.7 Å². The number of unbranched alkanes of at least 4 members (excludes halogenated alkanes) is 8. The minimum atomic E-state index is -0.336. The van der Waals surface area contributed by atoms with Crippen LogP contribution >= 0.6 is 0 Å². The Morgan fingerprint density at radius 1 is 0.571 bits per heavy atom. The van der Waals surface area contributed by atoms with Crippen LogP contribution in [-0.4, -0.2) is 42.6 Å². The second-order valence-electron chi connectivity index (χ2n) is 7.16. The maximum Gasteiger partial charge on any atom is 0.243 e. The van der Waals surface area contributed by atoms with E-state index in [0.717, 1.165) is 77.2 Å². The fourth-order valence-corrected chi connectivity index (χ4v) is 2.83. The smallest absolute Gasteiger partial charge is 0.243 e. The Kier molecular flexibility index (Phi) is 18.9. The normalized spacial score (nSPS) is 10.5. The van der Waals surface area contributed by atoms with Crippen LogP contribution in [0.2, 0.25) is 0 Å². The van der Waals surface area contributed by atoms with Gasteiger partial charge in [-0.3, -0.25) is 19.6 Å². The standard InChI is InChI=1S/C20H40N4O4/c21-15-11-14-19(26)23-17-10-5-1-3-7-12-18(25)22-16-9-6-2-4-8-13-20(27)24-28/h28H,1-17,21H2,(H,22,25)(H,23,26)(H,24,27). The lowest BCUT2D eigenvalue weighted by Gasteiger charge is -2.06. The topological polar surface area (TPSA) is 134 Å². The molecule has 0 atom stereocenters. The first-order valence-corrected chi connectivity index (χ1v) is 10.8. The summed E-state index contributed by atoms with van der Waals surface area (Å²) in [5, 5.41) is 14.2. The average Bonchev–Trinajstić information content (AvgIpc) is 2.69. The molecule has 28 heavy (non-hydrogen) atoms. The second kappa shape index (κ2) is 20.1. The van der Waals surface area contributed by atoms with Gasteiger partial charge in [-0.2, -0.15) is 0 Å². The molecule has 0 unspecified atom stereocenters. The Bertz CT molecular complexity index is 419. The van der Waals surface area contributed by atoms with Gasteiger partial charge in [-0.25, -0.2) is 5.48 Å². The van der Waals surface area contributed by atoms with E-state index in [2.05, 4.69) is 10.6 Å². The van der Waals surface area contributed by atoms with Crippen LogP contribution in [0.5, 0.6) is 0 Å². The zero-order valence-electron chi connectivity index (χ0n) is 17.3. The molecule has 8 nitrogen and oxygen atoms in total. The monoisotopic (exact) mass is 400 g/mol. The maximum atomic E-state index is 11.7. The first kappa shape index (κ1) is 26.3. The second-order valence-corrected chi connectivity index (χ2v) is 7.16. The minimum Gasteiger partial charge on any atom is -0.356 e. The molecule has 0 saturated heterocycles. The molecule has 0 aromatic rings. The van der Waals surface area contributed by atoms with Gasteiger partial charge in [-0.05, 0) is 38.6 Å². The van der Waals surface area contributed by atoms with Gasteiger partial charge in [-0.1, -0.05) is 38.5 Å². The van der Waals surface area contributed by atoms with E-state index in [1.165, 1.54) is 0 Å². The first-order valence-electron chi connectivity index (χ1n) is 10.8. The molecule has 8 heteroatoms. The Labute approximate surface area is 169 Å². The molecule has 0 heterocycles. The van der Waals surface area contributed by atoms with Crippen LogP contribution in [0.4, 0.5) is 0 Å². The summed E-state index contributed by atoms with van der Waals surface area (Å²) in [5.41, 5.74) is 6.99. The summed E-state index contributed by atoms with van der Waals surface area (Å²) in [6.07, 6.45) is 12.0. The van der Waals surface area contributed by atoms with Crippen LogP contribution in [-0.2, 0) is 14.4 Å². The molecule has 0 rings (SSSR count). The third-order valence-electron chi connectivity index (χ3n) is 4.54. The lowest BCUT2D eigenvalue weighted by Crippen LogP contribution is -2.24. The van der Waals surface area contributed by atoms with E-state index < -0.39 is 0 Å². The molecule has 3 amide bonds. The molecular weight excluding hydrogens is 360 g/mol. The molecule has 164 valence electrons. The molecular formula is C20H40N4O4. The highest BCUT2D eigenvalue weighted by Crippen LogP contribution is 2.06. The number of carbonyl (C=O) groups is 3. The van der Waals surface area contributed by atoms with Gasteiger partial charge < -0.3 is 16.4 Å². The number of nitrogens with one attached hydrogen (secondary N) is 3. The number of carbonyl (C=O) groups excluding carboxylic acids is 3. The highest BCUT2D eigenvalue weighted by atomic mass is 16.5. The third kappa shape index (κ3) is 19.1. The van der Waals surface area contributed by atoms with Crippen LogP contribution in [0, 0.1) is 0 Å². The van der Waals surface area contributed by atoms with E-state index in [1.54, 1.807) is 5.48 Å². The van der Waals surface area contributed by atoms with Crippen molar-refractivity contribution in [2.75, 3.05) is 19.6 Å². The average molecular weight is 401 g/mol. The van der Waals surface area contributed by atoms with Gasteiger partial charge in [0, 0.05) is 32.4 Å². The molecule has 0 aliphatic rings. The molecule has 0 radical (unpaired) electrons. The van der Waals surface area contributed by atoms with Crippen molar-refractivity contribution in [3.8, 4) is 0 Å². The first-order chi connectivity index (χ1) is 13.6. The van der Waals surface area contributed by atoms with Crippen molar-refractivity contribution in [1.82, 2.24) is 16.1 Å². The van der Waals surface area contributed by atoms with Crippen molar-refractivity contribution < 1.29 is 19.6 Å². The van der Waals surface area contributed by atoms with E-state index in [0.29, 0.717) is 32.4 Å². The lowest BCUT2D eigenvalue weighted by atomic mass is 10.1. The van der Waals surface area contributed by atoms with Crippen LogP contribution < -0.4 is 21.8 Å². The van der Waals surface area contributed by atoms with E-state index in [4.69, 9.17) is 10.9 Å². The van der Waals surface area contributed by atoms with E-state index in [9.17, 15) is 14.4 Å². The van der Waals surface area contributed by atoms with E-state index in [1.807, 2.05) is 0 Å². The zero-order chi connectivity index (χ0) is 20.9. The summed E-state index contributed by atoms with van der Waals surface area (Å²) >= 11 is 0. The number of rotatable bonds is 19. The number of amides is 3. The Morgan fingerprint density at radius 3 is 1.43 bits per heavy atom. The highest BCUT2D eigenvalue weighted by molar-refractivity contribution is 5.76. The highest BCUT2D eigenvalue weighted by Gasteiger charge is 2.02. The largest absolute Gasteiger partial charge is 0.356 e. The Morgan fingerprint density at radius 2 is 0.964 bits per heavy atom. The van der Waals surface area contributed by atoms with Crippen LogP contribution in [0.25, 0.3) is 0 Å². The van der Waals surface area contributed by atoms with Gasteiger partial charge in [0.25, 0.3) is 0 Å². The molecule has 0 aromatic carbocycles. The molecule has 0 aromatic heterocycles. The predicted molar refractivity (Wildman–Crippen MR) is 110 cm³/mol. The van der Waals surface area contributed by atoms with E-state index >= 15 is 0 Å². The molecule has 0 fully saturated rings. The summed E-state index contributed by atoms with van der Waals surface area (Å²) in [6.45, 7) is 1.98. The number of hydroxylamine groups is 1. The van der Waals surface area contributed by atoms with Gasteiger partial charge in [0.05, 0.1) is 0 Å². The van der Waals surface area contributed by atoms with Crippen molar-refractivity contribution in [1.29, 1.82) is 0 Å².